The van der Waals surface area contributed by atoms with Crippen LogP contribution < -0.4 is 16.2 Å². The molecule has 0 aromatic heterocycles. The van der Waals surface area contributed by atoms with Crippen molar-refractivity contribution in [2.45, 2.75) is 32.4 Å². The molecule has 0 bridgehead atoms. The largest absolute Gasteiger partial charge is 0.324 e. The molecule has 1 aliphatic heterocycles. The van der Waals surface area contributed by atoms with Crippen molar-refractivity contribution >= 4 is 22.4 Å². The zero-order valence-electron chi connectivity index (χ0n) is 15.0. The molecule has 1 fully saturated rings. The average Bonchev–Trinajstić information content (AvgIpc) is 3.15. The smallest absolute Gasteiger partial charge is 0.242 e. The molecule has 0 aliphatic carbocycles. The zero-order valence-corrected chi connectivity index (χ0v) is 15.0. The number of hydrogen-bond acceptors (Lipinski definition) is 3. The molecule has 0 saturated carbocycles. The molecule has 4 heteroatoms. The third-order valence-corrected chi connectivity index (χ3v) is 5.28. The Morgan fingerprint density at radius 2 is 1.73 bits per heavy atom. The van der Waals surface area contributed by atoms with Crippen molar-refractivity contribution in [2.24, 2.45) is 0 Å². The van der Waals surface area contributed by atoms with Crippen LogP contribution in [0.25, 0.3) is 10.8 Å². The van der Waals surface area contributed by atoms with Gasteiger partial charge in [0.05, 0.1) is 0 Å². The Morgan fingerprint density at radius 3 is 2.62 bits per heavy atom. The quantitative estimate of drug-likeness (QED) is 0.672. The first kappa shape index (κ1) is 16.8. The minimum Gasteiger partial charge on any atom is -0.324 e. The van der Waals surface area contributed by atoms with Gasteiger partial charge in [-0.2, -0.15) is 0 Å². The first-order chi connectivity index (χ1) is 12.6. The van der Waals surface area contributed by atoms with Gasteiger partial charge < -0.3 is 5.32 Å². The minimum absolute atomic E-state index is 0.00561. The van der Waals surface area contributed by atoms with Crippen LogP contribution in [0.4, 0.5) is 5.69 Å². The fourth-order valence-electron chi connectivity index (χ4n) is 3.59. The standard InChI is InChI=1S/C22H23N3O/c1-14-7-5-12-19(15(14)2)23-22(26)21-13-20(24-25-21)18-11-6-9-16-8-3-4-10-17(16)18/h3-12,20-21,24-25H,13H2,1-2H3,(H,23,26). The summed E-state index contributed by atoms with van der Waals surface area (Å²) in [4.78, 5) is 12.7. The molecule has 2 unspecified atom stereocenters. The summed E-state index contributed by atoms with van der Waals surface area (Å²) < 4.78 is 0. The highest BCUT2D eigenvalue weighted by Gasteiger charge is 2.31. The molecule has 26 heavy (non-hydrogen) atoms. The van der Waals surface area contributed by atoms with Gasteiger partial charge in [0.2, 0.25) is 5.91 Å². The number of benzene rings is 3. The van der Waals surface area contributed by atoms with Crippen molar-refractivity contribution in [3.05, 3.63) is 77.4 Å². The topological polar surface area (TPSA) is 53.2 Å². The molecule has 4 nitrogen and oxygen atoms in total. The van der Waals surface area contributed by atoms with E-state index in [-0.39, 0.29) is 18.0 Å². The predicted molar refractivity (Wildman–Crippen MR) is 106 cm³/mol. The normalized spacial score (nSPS) is 19.6. The second-order valence-electron chi connectivity index (χ2n) is 6.93. The molecule has 3 aromatic carbocycles. The summed E-state index contributed by atoms with van der Waals surface area (Å²) in [5, 5.41) is 5.51. The zero-order chi connectivity index (χ0) is 18.1. The number of nitrogens with one attached hydrogen (secondary N) is 3. The maximum absolute atomic E-state index is 12.7. The third-order valence-electron chi connectivity index (χ3n) is 5.28. The van der Waals surface area contributed by atoms with E-state index in [2.05, 4.69) is 65.6 Å². The Morgan fingerprint density at radius 1 is 0.962 bits per heavy atom. The van der Waals surface area contributed by atoms with Crippen LogP contribution in [0.1, 0.15) is 29.2 Å². The molecule has 1 amide bonds. The van der Waals surface area contributed by atoms with Gasteiger partial charge in [-0.25, -0.2) is 10.9 Å². The maximum Gasteiger partial charge on any atom is 0.242 e. The number of rotatable bonds is 3. The van der Waals surface area contributed by atoms with Gasteiger partial charge in [-0.1, -0.05) is 54.6 Å². The number of carbonyl (C=O) groups excluding carboxylic acids is 1. The highest BCUT2D eigenvalue weighted by Crippen LogP contribution is 2.29. The molecule has 1 aliphatic rings. The minimum atomic E-state index is -0.265. The number of hydrazine groups is 1. The lowest BCUT2D eigenvalue weighted by atomic mass is 9.96. The van der Waals surface area contributed by atoms with Gasteiger partial charge >= 0.3 is 0 Å². The van der Waals surface area contributed by atoms with Gasteiger partial charge in [0.1, 0.15) is 6.04 Å². The lowest BCUT2D eigenvalue weighted by Gasteiger charge is -2.14. The van der Waals surface area contributed by atoms with E-state index in [4.69, 9.17) is 0 Å². The van der Waals surface area contributed by atoms with Crippen LogP contribution in [0.2, 0.25) is 0 Å². The molecule has 2 atom stereocenters. The maximum atomic E-state index is 12.7. The summed E-state index contributed by atoms with van der Waals surface area (Å²) in [5.74, 6) is -0.00561. The average molecular weight is 345 g/mol. The van der Waals surface area contributed by atoms with Crippen molar-refractivity contribution in [3.63, 3.8) is 0 Å². The van der Waals surface area contributed by atoms with Crippen molar-refractivity contribution in [3.8, 4) is 0 Å². The van der Waals surface area contributed by atoms with Crippen LogP contribution >= 0.6 is 0 Å². The molecule has 3 aromatic rings. The number of aryl methyl sites for hydroxylation is 1. The van der Waals surface area contributed by atoms with Gasteiger partial charge in [0.15, 0.2) is 0 Å². The van der Waals surface area contributed by atoms with Crippen LogP contribution in [-0.4, -0.2) is 11.9 Å². The van der Waals surface area contributed by atoms with Gasteiger partial charge in [-0.05, 0) is 53.8 Å². The summed E-state index contributed by atoms with van der Waals surface area (Å²) >= 11 is 0. The number of carbonyl (C=O) groups is 1. The van der Waals surface area contributed by atoms with Crippen LogP contribution in [0, 0.1) is 13.8 Å². The monoisotopic (exact) mass is 345 g/mol. The second kappa shape index (κ2) is 6.90. The first-order valence-electron chi connectivity index (χ1n) is 8.99. The summed E-state index contributed by atoms with van der Waals surface area (Å²) in [7, 11) is 0. The van der Waals surface area contributed by atoms with E-state index in [0.29, 0.717) is 6.42 Å². The van der Waals surface area contributed by atoms with E-state index >= 15 is 0 Å². The Bertz CT molecular complexity index is 961. The number of anilines is 1. The highest BCUT2D eigenvalue weighted by atomic mass is 16.2. The summed E-state index contributed by atoms with van der Waals surface area (Å²) in [6, 6.07) is 20.5. The number of hydrogen-bond donors (Lipinski definition) is 3. The predicted octanol–water partition coefficient (Wildman–Crippen LogP) is 4.00. The van der Waals surface area contributed by atoms with Gasteiger partial charge in [-0.15, -0.1) is 0 Å². The molecule has 1 saturated heterocycles. The Balaban J connectivity index is 1.51. The lowest BCUT2D eigenvalue weighted by Crippen LogP contribution is -2.39. The second-order valence-corrected chi connectivity index (χ2v) is 6.93. The highest BCUT2D eigenvalue weighted by molar-refractivity contribution is 5.96. The van der Waals surface area contributed by atoms with E-state index in [1.165, 1.54) is 21.9 Å². The molecular weight excluding hydrogens is 322 g/mol. The summed E-state index contributed by atoms with van der Waals surface area (Å²) in [6.45, 7) is 4.08. The Hall–Kier alpha value is -2.69. The van der Waals surface area contributed by atoms with Crippen LogP contribution in [0.5, 0.6) is 0 Å². The van der Waals surface area contributed by atoms with E-state index in [9.17, 15) is 4.79 Å². The van der Waals surface area contributed by atoms with Gasteiger partial charge in [0, 0.05) is 11.7 Å². The molecule has 4 rings (SSSR count). The van der Waals surface area contributed by atoms with Gasteiger partial charge in [0.25, 0.3) is 0 Å². The molecular formula is C22H23N3O. The Kier molecular flexibility index (Phi) is 4.45. The van der Waals surface area contributed by atoms with E-state index in [1.807, 2.05) is 25.1 Å². The van der Waals surface area contributed by atoms with Crippen molar-refractivity contribution in [1.29, 1.82) is 0 Å². The third kappa shape index (κ3) is 3.09. The molecule has 0 radical (unpaired) electrons. The van der Waals surface area contributed by atoms with E-state index < -0.39 is 0 Å². The van der Waals surface area contributed by atoms with Crippen LogP contribution in [0.3, 0.4) is 0 Å². The fraction of sp³-hybridized carbons (Fsp3) is 0.227. The molecule has 0 spiro atoms. The fourth-order valence-corrected chi connectivity index (χ4v) is 3.59. The number of fused-ring (bicyclic) bond motifs is 1. The van der Waals surface area contributed by atoms with Crippen LogP contribution in [0.15, 0.2) is 60.7 Å². The summed E-state index contributed by atoms with van der Waals surface area (Å²) in [5.41, 5.74) is 10.8. The number of amides is 1. The molecule has 1 heterocycles. The Labute approximate surface area is 153 Å². The van der Waals surface area contributed by atoms with Crippen molar-refractivity contribution < 1.29 is 4.79 Å². The lowest BCUT2D eigenvalue weighted by molar-refractivity contribution is -0.117. The van der Waals surface area contributed by atoms with Gasteiger partial charge in [-0.3, -0.25) is 4.79 Å². The first-order valence-corrected chi connectivity index (χ1v) is 8.99. The molecule has 3 N–H and O–H groups in total. The van der Waals surface area contributed by atoms with E-state index in [1.54, 1.807) is 0 Å². The SMILES string of the molecule is Cc1cccc(NC(=O)C2CC(c3cccc4ccccc34)NN2)c1C. The van der Waals surface area contributed by atoms with Crippen molar-refractivity contribution in [2.75, 3.05) is 5.32 Å². The summed E-state index contributed by atoms with van der Waals surface area (Å²) in [6.07, 6.45) is 0.713. The van der Waals surface area contributed by atoms with Crippen LogP contribution in [-0.2, 0) is 4.79 Å². The van der Waals surface area contributed by atoms with Crippen molar-refractivity contribution in [1.82, 2.24) is 10.9 Å². The van der Waals surface area contributed by atoms with E-state index in [0.717, 1.165) is 11.3 Å². The molecule has 132 valence electrons.